The molecule has 0 aromatic carbocycles. The summed E-state index contributed by atoms with van der Waals surface area (Å²) < 4.78 is 68.2. The molecule has 0 spiro atoms. The van der Waals surface area contributed by atoms with Gasteiger partial charge in [-0.1, -0.05) is 0 Å². The average Bonchev–Trinajstić information content (AvgIpc) is 1.12. The van der Waals surface area contributed by atoms with Crippen LogP contribution in [0.2, 0.25) is 0 Å². The molecule has 12 nitrogen and oxygen atoms in total. The van der Waals surface area contributed by atoms with Crippen LogP contribution >= 0.6 is 0 Å². The monoisotopic (exact) mass is 312 g/mol. The molecule has 15 heavy (non-hydrogen) atoms. The summed E-state index contributed by atoms with van der Waals surface area (Å²) in [4.78, 5) is 0. The second-order valence-corrected chi connectivity index (χ2v) is 2.45. The van der Waals surface area contributed by atoms with Gasteiger partial charge in [-0.3, -0.25) is 16.8 Å². The van der Waals surface area contributed by atoms with E-state index in [1.165, 1.54) is 0 Å². The first-order valence-electron chi connectivity index (χ1n) is 1.33. The molecule has 0 heterocycles. The molecule has 0 atom stereocenters. The molecule has 0 rings (SSSR count). The third-order valence-corrected chi connectivity index (χ3v) is 0. The Bertz CT molecular complexity index is 210. The summed E-state index contributed by atoms with van der Waals surface area (Å²) in [6.07, 6.45) is 0. The van der Waals surface area contributed by atoms with Gasteiger partial charge in [0.1, 0.15) is 0 Å². The number of hydrogen-bond acceptors (Lipinski definition) is 8. The standard InChI is InChI=1S/2H2O4S.4H2O.Ti/c2*1-5(2,3)4;;;;;/h2*(H2,1,2,3,4);4*1H2;/q;;;;;;+4/p-4. The van der Waals surface area contributed by atoms with Gasteiger partial charge in [0.05, 0.1) is 0 Å². The Morgan fingerprint density at radius 2 is 0.533 bits per heavy atom. The minimum atomic E-state index is -5.17. The molecule has 0 amide bonds. The van der Waals surface area contributed by atoms with Crippen molar-refractivity contribution >= 4 is 20.8 Å². The van der Waals surface area contributed by atoms with Gasteiger partial charge in [0.25, 0.3) is 0 Å². The molecule has 0 unspecified atom stereocenters. The Labute approximate surface area is 99.6 Å². The predicted octanol–water partition coefficient (Wildman–Crippen LogP) is -5.98. The minimum Gasteiger partial charge on any atom is -0.759 e. The Kier molecular flexibility index (Phi) is 50.6. The van der Waals surface area contributed by atoms with Crippen molar-refractivity contribution in [2.24, 2.45) is 0 Å². The van der Waals surface area contributed by atoms with Crippen LogP contribution in [-0.4, -0.2) is 57.0 Å². The van der Waals surface area contributed by atoms with Gasteiger partial charge < -0.3 is 40.1 Å². The summed E-state index contributed by atoms with van der Waals surface area (Å²) in [5.41, 5.74) is 0. The predicted molar refractivity (Wildman–Crippen MR) is 35.4 cm³/mol. The molecule has 0 aliphatic rings. The van der Waals surface area contributed by atoms with E-state index in [2.05, 4.69) is 0 Å². The van der Waals surface area contributed by atoms with E-state index in [4.69, 9.17) is 35.0 Å². The fourth-order valence-electron chi connectivity index (χ4n) is 0. The second-order valence-electron chi connectivity index (χ2n) is 0.816. The molecule has 0 radical (unpaired) electrons. The van der Waals surface area contributed by atoms with Gasteiger partial charge in [-0.25, -0.2) is 0 Å². The van der Waals surface area contributed by atoms with E-state index in [-0.39, 0.29) is 43.6 Å². The van der Waals surface area contributed by atoms with E-state index in [0.29, 0.717) is 0 Å². The van der Waals surface area contributed by atoms with Gasteiger partial charge in [0, 0.05) is 20.8 Å². The summed E-state index contributed by atoms with van der Waals surface area (Å²) in [7, 11) is -10.3. The van der Waals surface area contributed by atoms with E-state index in [9.17, 15) is 0 Å². The van der Waals surface area contributed by atoms with E-state index in [1.54, 1.807) is 0 Å². The molecule has 0 aromatic rings. The van der Waals surface area contributed by atoms with Crippen molar-refractivity contribution in [3.05, 3.63) is 0 Å². The van der Waals surface area contributed by atoms with Crippen molar-refractivity contribution in [2.45, 2.75) is 0 Å². The maximum atomic E-state index is 8.52. The van der Waals surface area contributed by atoms with Crippen LogP contribution in [-0.2, 0) is 42.5 Å². The Hall–Kier alpha value is 0.294. The van der Waals surface area contributed by atoms with Gasteiger partial charge in [-0.2, -0.15) is 0 Å². The molecule has 0 aliphatic carbocycles. The van der Waals surface area contributed by atoms with Gasteiger partial charge in [0.15, 0.2) is 0 Å². The van der Waals surface area contributed by atoms with Crippen LogP contribution in [0.3, 0.4) is 0 Å². The van der Waals surface area contributed by atoms with E-state index >= 15 is 0 Å². The first-order valence-corrected chi connectivity index (χ1v) is 4.00. The van der Waals surface area contributed by atoms with Crippen LogP contribution in [0, 0.1) is 0 Å². The maximum Gasteiger partial charge on any atom is 4.00 e. The molecule has 8 N–H and O–H groups in total. The SMILES string of the molecule is O.O.O.O.O=S(=O)([O-])[O-].O=S(=O)([O-])[O-].[Ti+4]. The van der Waals surface area contributed by atoms with Gasteiger partial charge >= 0.3 is 21.7 Å². The molecule has 15 heteroatoms. The van der Waals surface area contributed by atoms with Crippen LogP contribution in [0.1, 0.15) is 0 Å². The Balaban J connectivity index is -0.0000000128. The second kappa shape index (κ2) is 16.7. The third-order valence-electron chi connectivity index (χ3n) is 0. The summed E-state index contributed by atoms with van der Waals surface area (Å²) in [5, 5.41) is 0. The summed E-state index contributed by atoms with van der Waals surface area (Å²) in [5.74, 6) is 0. The molecule has 0 saturated carbocycles. The molecular weight excluding hydrogens is 304 g/mol. The third kappa shape index (κ3) is 24900. The fraction of sp³-hybridized carbons (Fsp3) is 0. The quantitative estimate of drug-likeness (QED) is 0.235. The summed E-state index contributed by atoms with van der Waals surface area (Å²) in [6, 6.07) is 0. The van der Waals surface area contributed by atoms with E-state index in [0.717, 1.165) is 0 Å². The van der Waals surface area contributed by atoms with Crippen molar-refractivity contribution in [3.8, 4) is 0 Å². The summed E-state index contributed by atoms with van der Waals surface area (Å²) >= 11 is 0. The molecule has 96 valence electrons. The van der Waals surface area contributed by atoms with Crippen molar-refractivity contribution in [2.75, 3.05) is 0 Å². The minimum absolute atomic E-state index is 0. The van der Waals surface area contributed by atoms with Crippen LogP contribution in [0.25, 0.3) is 0 Å². The number of hydrogen-bond donors (Lipinski definition) is 0. The smallest absolute Gasteiger partial charge is 0.759 e. The normalized spacial score (nSPS) is 7.73. The van der Waals surface area contributed by atoms with Crippen molar-refractivity contribution < 1.29 is 78.7 Å². The Morgan fingerprint density at radius 3 is 0.533 bits per heavy atom. The fourth-order valence-corrected chi connectivity index (χ4v) is 0. The van der Waals surface area contributed by atoms with E-state index < -0.39 is 20.8 Å². The molecule has 0 saturated heterocycles. The van der Waals surface area contributed by atoms with Crippen LogP contribution in [0.4, 0.5) is 0 Å². The maximum absolute atomic E-state index is 8.52. The van der Waals surface area contributed by atoms with Gasteiger partial charge in [-0.15, -0.1) is 0 Å². The van der Waals surface area contributed by atoms with Crippen LogP contribution < -0.4 is 0 Å². The average molecular weight is 312 g/mol. The zero-order chi connectivity index (χ0) is 9.00. The molecular formula is H8O12S2Ti. The largest absolute Gasteiger partial charge is 4.00 e. The van der Waals surface area contributed by atoms with Crippen molar-refractivity contribution in [1.29, 1.82) is 0 Å². The molecule has 0 bridgehead atoms. The van der Waals surface area contributed by atoms with Crippen LogP contribution in [0.15, 0.2) is 0 Å². The van der Waals surface area contributed by atoms with E-state index in [1.807, 2.05) is 0 Å². The molecule has 0 aromatic heterocycles. The number of rotatable bonds is 0. The first-order chi connectivity index (χ1) is 4.00. The zero-order valence-electron chi connectivity index (χ0n) is 6.58. The van der Waals surface area contributed by atoms with Gasteiger partial charge in [-0.05, 0) is 0 Å². The topological polar surface area (TPSA) is 287 Å². The molecule has 0 fully saturated rings. The Morgan fingerprint density at radius 1 is 0.533 bits per heavy atom. The van der Waals surface area contributed by atoms with Crippen molar-refractivity contribution in [3.63, 3.8) is 0 Å². The van der Waals surface area contributed by atoms with Crippen LogP contribution in [0.5, 0.6) is 0 Å². The zero-order valence-corrected chi connectivity index (χ0v) is 9.78. The van der Waals surface area contributed by atoms with Crippen molar-refractivity contribution in [1.82, 2.24) is 0 Å². The van der Waals surface area contributed by atoms with Gasteiger partial charge in [0.2, 0.25) is 0 Å². The first kappa shape index (κ1) is 45.4. The molecule has 0 aliphatic heterocycles. The summed E-state index contributed by atoms with van der Waals surface area (Å²) in [6.45, 7) is 0.